The predicted molar refractivity (Wildman–Crippen MR) is 93.1 cm³/mol. The third kappa shape index (κ3) is 3.23. The SMILES string of the molecule is COc1ccc(-n2cnc3c(N[C@H](C(=O)O)C(C)C)ncnc32)cc1. The number of benzene rings is 1. The molecule has 0 aliphatic carbocycles. The molecule has 0 radical (unpaired) electrons. The molecule has 3 rings (SSSR count). The number of aliphatic carboxylic acids is 1. The maximum atomic E-state index is 11.4. The number of nitrogens with zero attached hydrogens (tertiary/aromatic N) is 4. The standard InChI is InChI=1S/C17H19N5O3/c1-10(2)13(17(23)24)21-15-14-16(19-8-18-15)22(9-20-14)11-4-6-12(25-3)7-5-11/h4-10,13H,1-3H3,(H,23,24)(H,18,19,21)/t13-/m0/s1. The second-order valence-electron chi connectivity index (χ2n) is 5.91. The van der Waals surface area contributed by atoms with Crippen molar-refractivity contribution in [1.29, 1.82) is 0 Å². The summed E-state index contributed by atoms with van der Waals surface area (Å²) >= 11 is 0. The molecule has 25 heavy (non-hydrogen) atoms. The fourth-order valence-corrected chi connectivity index (χ4v) is 2.53. The summed E-state index contributed by atoms with van der Waals surface area (Å²) in [6, 6.07) is 6.72. The van der Waals surface area contributed by atoms with E-state index in [1.807, 2.05) is 42.7 Å². The highest BCUT2D eigenvalue weighted by atomic mass is 16.5. The van der Waals surface area contributed by atoms with Crippen LogP contribution in [0.4, 0.5) is 5.82 Å². The quantitative estimate of drug-likeness (QED) is 0.709. The summed E-state index contributed by atoms with van der Waals surface area (Å²) in [7, 11) is 1.61. The van der Waals surface area contributed by atoms with Crippen LogP contribution in [0.1, 0.15) is 13.8 Å². The highest BCUT2D eigenvalue weighted by molar-refractivity contribution is 5.87. The molecule has 2 aromatic heterocycles. The number of nitrogens with one attached hydrogen (secondary N) is 1. The molecule has 0 aliphatic heterocycles. The zero-order chi connectivity index (χ0) is 18.0. The summed E-state index contributed by atoms with van der Waals surface area (Å²) in [5.74, 6) is 0.118. The van der Waals surface area contributed by atoms with Crippen molar-refractivity contribution in [2.24, 2.45) is 5.92 Å². The molecule has 0 fully saturated rings. The number of hydrogen-bond donors (Lipinski definition) is 2. The van der Waals surface area contributed by atoms with Crippen molar-refractivity contribution < 1.29 is 14.6 Å². The summed E-state index contributed by atoms with van der Waals surface area (Å²) in [4.78, 5) is 24.2. The maximum Gasteiger partial charge on any atom is 0.326 e. The van der Waals surface area contributed by atoms with E-state index in [9.17, 15) is 9.90 Å². The molecule has 0 spiro atoms. The molecule has 0 aliphatic rings. The van der Waals surface area contributed by atoms with Crippen LogP contribution in [0.2, 0.25) is 0 Å². The summed E-state index contributed by atoms with van der Waals surface area (Å²) in [6.45, 7) is 3.67. The van der Waals surface area contributed by atoms with Crippen LogP contribution in [-0.4, -0.2) is 43.7 Å². The molecular weight excluding hydrogens is 322 g/mol. The second-order valence-corrected chi connectivity index (χ2v) is 5.91. The van der Waals surface area contributed by atoms with Crippen molar-refractivity contribution in [2.45, 2.75) is 19.9 Å². The number of imidazole rings is 1. The zero-order valence-electron chi connectivity index (χ0n) is 14.2. The van der Waals surface area contributed by atoms with Gasteiger partial charge in [-0.15, -0.1) is 0 Å². The lowest BCUT2D eigenvalue weighted by Crippen LogP contribution is -2.34. The average molecular weight is 341 g/mol. The first-order chi connectivity index (χ1) is 12.0. The van der Waals surface area contributed by atoms with Gasteiger partial charge in [-0.3, -0.25) is 4.57 Å². The Morgan fingerprint density at radius 1 is 1.20 bits per heavy atom. The second kappa shape index (κ2) is 6.76. The van der Waals surface area contributed by atoms with E-state index in [2.05, 4.69) is 20.3 Å². The van der Waals surface area contributed by atoms with Gasteiger partial charge < -0.3 is 15.2 Å². The third-order valence-corrected chi connectivity index (χ3v) is 3.91. The Kier molecular flexibility index (Phi) is 4.51. The molecule has 130 valence electrons. The molecule has 1 aromatic carbocycles. The maximum absolute atomic E-state index is 11.4. The van der Waals surface area contributed by atoms with E-state index in [-0.39, 0.29) is 5.92 Å². The van der Waals surface area contributed by atoms with Crippen molar-refractivity contribution in [3.05, 3.63) is 36.9 Å². The van der Waals surface area contributed by atoms with Crippen molar-refractivity contribution in [3.8, 4) is 11.4 Å². The van der Waals surface area contributed by atoms with Crippen LogP contribution in [0.15, 0.2) is 36.9 Å². The van der Waals surface area contributed by atoms with Crippen LogP contribution in [0.3, 0.4) is 0 Å². The molecule has 8 heteroatoms. The van der Waals surface area contributed by atoms with Crippen LogP contribution in [0, 0.1) is 5.92 Å². The van der Waals surface area contributed by atoms with Crippen molar-refractivity contribution in [3.63, 3.8) is 0 Å². The molecule has 0 bridgehead atoms. The van der Waals surface area contributed by atoms with Gasteiger partial charge >= 0.3 is 5.97 Å². The fourth-order valence-electron chi connectivity index (χ4n) is 2.53. The van der Waals surface area contributed by atoms with Gasteiger partial charge in [-0.05, 0) is 30.2 Å². The number of carbonyl (C=O) groups is 1. The van der Waals surface area contributed by atoms with E-state index in [4.69, 9.17) is 4.74 Å². The molecule has 8 nitrogen and oxygen atoms in total. The largest absolute Gasteiger partial charge is 0.497 e. The molecule has 0 saturated carbocycles. The average Bonchev–Trinajstić information content (AvgIpc) is 3.04. The first kappa shape index (κ1) is 16.7. The number of carboxylic acid groups (broad SMARTS) is 1. The highest BCUT2D eigenvalue weighted by Crippen LogP contribution is 2.23. The van der Waals surface area contributed by atoms with E-state index in [0.29, 0.717) is 17.0 Å². The normalized spacial score (nSPS) is 12.3. The number of rotatable bonds is 6. The van der Waals surface area contributed by atoms with Crippen LogP contribution in [0.5, 0.6) is 5.75 Å². The third-order valence-electron chi connectivity index (χ3n) is 3.91. The molecule has 0 amide bonds. The van der Waals surface area contributed by atoms with Crippen LogP contribution < -0.4 is 10.1 Å². The highest BCUT2D eigenvalue weighted by Gasteiger charge is 2.23. The van der Waals surface area contributed by atoms with Gasteiger partial charge in [0.25, 0.3) is 0 Å². The first-order valence-corrected chi connectivity index (χ1v) is 7.83. The lowest BCUT2D eigenvalue weighted by Gasteiger charge is -2.18. The Morgan fingerprint density at radius 2 is 1.92 bits per heavy atom. The lowest BCUT2D eigenvalue weighted by molar-refractivity contribution is -0.138. The Morgan fingerprint density at radius 3 is 2.52 bits per heavy atom. The number of anilines is 1. The number of carboxylic acids is 1. The molecule has 2 N–H and O–H groups in total. The minimum atomic E-state index is -0.934. The fraction of sp³-hybridized carbons (Fsp3) is 0.294. The number of aromatic nitrogens is 4. The van der Waals surface area contributed by atoms with Gasteiger partial charge in [0.2, 0.25) is 0 Å². The lowest BCUT2D eigenvalue weighted by atomic mass is 10.1. The summed E-state index contributed by atoms with van der Waals surface area (Å²) in [5.41, 5.74) is 1.98. The Hall–Kier alpha value is -3.16. The van der Waals surface area contributed by atoms with Crippen molar-refractivity contribution >= 4 is 23.0 Å². The molecule has 3 aromatic rings. The van der Waals surface area contributed by atoms with E-state index >= 15 is 0 Å². The minimum absolute atomic E-state index is 0.105. The van der Waals surface area contributed by atoms with Gasteiger partial charge in [0.1, 0.15) is 24.4 Å². The van der Waals surface area contributed by atoms with E-state index < -0.39 is 12.0 Å². The molecule has 0 unspecified atom stereocenters. The number of methoxy groups -OCH3 is 1. The number of fused-ring (bicyclic) bond motifs is 1. The monoisotopic (exact) mass is 341 g/mol. The van der Waals surface area contributed by atoms with E-state index in [1.165, 1.54) is 6.33 Å². The van der Waals surface area contributed by atoms with Gasteiger partial charge in [-0.1, -0.05) is 13.8 Å². The predicted octanol–water partition coefficient (Wildman–Crippen LogP) is 2.35. The molecule has 0 saturated heterocycles. The van der Waals surface area contributed by atoms with Gasteiger partial charge in [0, 0.05) is 5.69 Å². The number of ether oxygens (including phenoxy) is 1. The van der Waals surface area contributed by atoms with Crippen LogP contribution in [-0.2, 0) is 4.79 Å². The van der Waals surface area contributed by atoms with Gasteiger partial charge in [0.15, 0.2) is 17.0 Å². The molecular formula is C17H19N5O3. The first-order valence-electron chi connectivity index (χ1n) is 7.83. The van der Waals surface area contributed by atoms with Gasteiger partial charge in [-0.2, -0.15) is 0 Å². The summed E-state index contributed by atoms with van der Waals surface area (Å²) in [6.07, 6.45) is 3.03. The Balaban J connectivity index is 2.01. The van der Waals surface area contributed by atoms with Gasteiger partial charge in [-0.25, -0.2) is 19.7 Å². The van der Waals surface area contributed by atoms with E-state index in [0.717, 1.165) is 11.4 Å². The van der Waals surface area contributed by atoms with Crippen molar-refractivity contribution in [1.82, 2.24) is 19.5 Å². The number of hydrogen-bond acceptors (Lipinski definition) is 6. The molecule has 2 heterocycles. The van der Waals surface area contributed by atoms with Crippen LogP contribution in [0.25, 0.3) is 16.9 Å². The van der Waals surface area contributed by atoms with E-state index in [1.54, 1.807) is 13.4 Å². The zero-order valence-corrected chi connectivity index (χ0v) is 14.2. The van der Waals surface area contributed by atoms with Crippen LogP contribution >= 0.6 is 0 Å². The topological polar surface area (TPSA) is 102 Å². The summed E-state index contributed by atoms with van der Waals surface area (Å²) in [5, 5.41) is 12.3. The Labute approximate surface area is 144 Å². The summed E-state index contributed by atoms with van der Waals surface area (Å²) < 4.78 is 6.98. The Bertz CT molecular complexity index is 889. The van der Waals surface area contributed by atoms with Gasteiger partial charge in [0.05, 0.1) is 7.11 Å². The molecule has 1 atom stereocenters. The minimum Gasteiger partial charge on any atom is -0.497 e. The smallest absolute Gasteiger partial charge is 0.326 e. The van der Waals surface area contributed by atoms with Crippen molar-refractivity contribution in [2.75, 3.05) is 12.4 Å².